The van der Waals surface area contributed by atoms with Gasteiger partial charge in [0.2, 0.25) is 0 Å². The predicted octanol–water partition coefficient (Wildman–Crippen LogP) is 3.73. The van der Waals surface area contributed by atoms with E-state index >= 15 is 0 Å². The summed E-state index contributed by atoms with van der Waals surface area (Å²) < 4.78 is 5.87. The third-order valence-electron chi connectivity index (χ3n) is 1.15. The van der Waals surface area contributed by atoms with Crippen molar-refractivity contribution in [2.45, 2.75) is 12.2 Å². The van der Waals surface area contributed by atoms with Crippen LogP contribution in [0.25, 0.3) is 0 Å². The van der Waals surface area contributed by atoms with Crippen molar-refractivity contribution in [1.29, 1.82) is 0 Å². The van der Waals surface area contributed by atoms with Gasteiger partial charge in [0.25, 0.3) is 0 Å². The molecule has 0 aromatic rings. The van der Waals surface area contributed by atoms with E-state index in [0.717, 1.165) is 5.25 Å². The van der Waals surface area contributed by atoms with E-state index in [2.05, 4.69) is 49.8 Å². The van der Waals surface area contributed by atoms with Gasteiger partial charge < -0.3 is 0 Å². The number of halogens is 2. The maximum absolute atomic E-state index is 2.43. The molecule has 0 spiro atoms. The van der Waals surface area contributed by atoms with Crippen molar-refractivity contribution >= 4 is 59.1 Å². The lowest BCUT2D eigenvalue weighted by Crippen LogP contribution is -1.96. The Labute approximate surface area is 95.8 Å². The van der Waals surface area contributed by atoms with Crippen LogP contribution in [-0.2, 0) is 0 Å². The Morgan fingerprint density at radius 3 is 3.09 bits per heavy atom. The first-order valence-corrected chi connectivity index (χ1v) is 8.27. The second-order valence-electron chi connectivity index (χ2n) is 2.20. The summed E-state index contributed by atoms with van der Waals surface area (Å²) in [5, 5.41) is 0.746. The molecule has 11 heavy (non-hydrogen) atoms. The summed E-state index contributed by atoms with van der Waals surface area (Å²) in [6.45, 7) is 2.27. The Bertz CT molecular complexity index is 206. The van der Waals surface area contributed by atoms with E-state index in [9.17, 15) is 0 Å². The SMILES string of the molecule is CC(CI)SC1=CC=IC=C1. The van der Waals surface area contributed by atoms with E-state index in [1.165, 1.54) is 9.33 Å². The lowest BCUT2D eigenvalue weighted by molar-refractivity contribution is 1.16. The lowest BCUT2D eigenvalue weighted by Gasteiger charge is -2.07. The minimum atomic E-state index is 0.260. The predicted molar refractivity (Wildman–Crippen MR) is 73.2 cm³/mol. The summed E-state index contributed by atoms with van der Waals surface area (Å²) in [4.78, 5) is 1.43. The normalized spacial score (nSPS) is 18.9. The molecule has 1 heterocycles. The zero-order valence-electron chi connectivity index (χ0n) is 6.26. The highest BCUT2D eigenvalue weighted by Gasteiger charge is 2.02. The molecule has 0 fully saturated rings. The number of alkyl halides is 1. The second kappa shape index (κ2) is 5.75. The van der Waals surface area contributed by atoms with Gasteiger partial charge in [0.15, 0.2) is 0 Å². The molecular formula is C8H10I2S. The molecule has 0 bridgehead atoms. The summed E-state index contributed by atoms with van der Waals surface area (Å²) in [6, 6.07) is 0. The van der Waals surface area contributed by atoms with Gasteiger partial charge in [0, 0.05) is 14.6 Å². The minimum Gasteiger partial charge on any atom is -0.122 e. The first-order chi connectivity index (χ1) is 5.33. The van der Waals surface area contributed by atoms with E-state index < -0.39 is 0 Å². The van der Waals surface area contributed by atoms with Crippen molar-refractivity contribution in [3.05, 3.63) is 21.1 Å². The fourth-order valence-electron chi connectivity index (χ4n) is 0.637. The molecule has 3 heteroatoms. The molecule has 0 amide bonds. The zero-order chi connectivity index (χ0) is 8.10. The highest BCUT2D eigenvalue weighted by molar-refractivity contribution is 14.2. The van der Waals surface area contributed by atoms with E-state index in [0.29, 0.717) is 0 Å². The van der Waals surface area contributed by atoms with Gasteiger partial charge in [0.05, 0.1) is 0 Å². The van der Waals surface area contributed by atoms with Crippen LogP contribution in [0.2, 0.25) is 0 Å². The average Bonchev–Trinajstić information content (AvgIpc) is 2.06. The van der Waals surface area contributed by atoms with Crippen molar-refractivity contribution in [2.75, 3.05) is 4.43 Å². The van der Waals surface area contributed by atoms with Gasteiger partial charge in [-0.3, -0.25) is 0 Å². The second-order valence-corrected chi connectivity index (χ2v) is 6.75. The first kappa shape index (κ1) is 10.2. The average molecular weight is 392 g/mol. The van der Waals surface area contributed by atoms with Gasteiger partial charge in [0.1, 0.15) is 0 Å². The van der Waals surface area contributed by atoms with E-state index in [1.807, 2.05) is 11.8 Å². The summed E-state index contributed by atoms with van der Waals surface area (Å²) in [5.74, 6) is 0. The number of hydrogen-bond acceptors (Lipinski definition) is 1. The zero-order valence-corrected chi connectivity index (χ0v) is 11.4. The quantitative estimate of drug-likeness (QED) is 0.521. The van der Waals surface area contributed by atoms with Crippen molar-refractivity contribution in [3.8, 4) is 0 Å². The molecule has 0 aromatic carbocycles. The van der Waals surface area contributed by atoms with E-state index in [1.54, 1.807) is 0 Å². The summed E-state index contributed by atoms with van der Waals surface area (Å²) >= 11 is 4.67. The smallest absolute Gasteiger partial charge is 0.0156 e. The van der Waals surface area contributed by atoms with Gasteiger partial charge in [-0.1, -0.05) is 50.2 Å². The van der Waals surface area contributed by atoms with Gasteiger partial charge in [-0.05, 0) is 20.2 Å². The van der Waals surface area contributed by atoms with Crippen LogP contribution in [0.5, 0.6) is 0 Å². The van der Waals surface area contributed by atoms with Gasteiger partial charge >= 0.3 is 0 Å². The van der Waals surface area contributed by atoms with E-state index in [4.69, 9.17) is 0 Å². The Hall–Kier alpha value is 1.16. The molecule has 0 aliphatic carbocycles. The third-order valence-corrected chi connectivity index (χ3v) is 5.74. The monoisotopic (exact) mass is 392 g/mol. The highest BCUT2D eigenvalue weighted by atomic mass is 127. The molecule has 1 aliphatic heterocycles. The Balaban J connectivity index is 2.44. The van der Waals surface area contributed by atoms with Crippen LogP contribution in [0.15, 0.2) is 21.1 Å². The molecule has 1 unspecified atom stereocenters. The molecule has 0 aromatic heterocycles. The fourth-order valence-corrected chi connectivity index (χ4v) is 3.91. The molecule has 62 valence electrons. The van der Waals surface area contributed by atoms with Crippen molar-refractivity contribution in [3.63, 3.8) is 0 Å². The van der Waals surface area contributed by atoms with Crippen LogP contribution in [0, 0.1) is 0 Å². The topological polar surface area (TPSA) is 0 Å². The maximum Gasteiger partial charge on any atom is 0.0156 e. The molecule has 0 nitrogen and oxygen atoms in total. The Kier molecular flexibility index (Phi) is 5.35. The lowest BCUT2D eigenvalue weighted by atomic mass is 10.5. The van der Waals surface area contributed by atoms with Crippen LogP contribution in [0.3, 0.4) is 0 Å². The maximum atomic E-state index is 2.43. The van der Waals surface area contributed by atoms with Crippen molar-refractivity contribution in [1.82, 2.24) is 0 Å². The molecule has 1 aliphatic rings. The fraction of sp³-hybridized carbons (Fsp3) is 0.375. The number of thioether (sulfide) groups is 1. The molecule has 0 saturated carbocycles. The molecule has 0 saturated heterocycles. The molecule has 1 rings (SSSR count). The Morgan fingerprint density at radius 2 is 2.55 bits per heavy atom. The first-order valence-electron chi connectivity index (χ1n) is 3.37. The van der Waals surface area contributed by atoms with Crippen LogP contribution >= 0.6 is 55.1 Å². The van der Waals surface area contributed by atoms with E-state index in [-0.39, 0.29) is 20.7 Å². The molecule has 0 N–H and O–H groups in total. The number of rotatable bonds is 3. The molecular weight excluding hydrogens is 382 g/mol. The van der Waals surface area contributed by atoms with Gasteiger partial charge in [-0.15, -0.1) is 11.8 Å². The summed E-state index contributed by atoms with van der Waals surface area (Å²) in [7, 11) is 0. The van der Waals surface area contributed by atoms with Crippen LogP contribution in [0.1, 0.15) is 6.92 Å². The number of allylic oxidation sites excluding steroid dienone is 2. The van der Waals surface area contributed by atoms with Crippen molar-refractivity contribution in [2.24, 2.45) is 0 Å². The van der Waals surface area contributed by atoms with Crippen LogP contribution in [0.4, 0.5) is 0 Å². The van der Waals surface area contributed by atoms with Gasteiger partial charge in [-0.25, -0.2) is 0 Å². The largest absolute Gasteiger partial charge is 0.122 e. The number of hydrogen-bond donors (Lipinski definition) is 0. The molecule has 0 radical (unpaired) electrons. The standard InChI is InChI=1S/C8H10I2S/c1-7(6-9)11-8-2-4-10-5-3-8/h2-5,7H,6H2,1H3. The minimum absolute atomic E-state index is 0.260. The van der Waals surface area contributed by atoms with Crippen molar-refractivity contribution < 1.29 is 0 Å². The summed E-state index contributed by atoms with van der Waals surface area (Å²) in [6.07, 6.45) is 4.53. The third kappa shape index (κ3) is 4.07. The summed E-state index contributed by atoms with van der Waals surface area (Å²) in [5.41, 5.74) is 0. The van der Waals surface area contributed by atoms with Gasteiger partial charge in [-0.2, -0.15) is 0 Å². The Morgan fingerprint density at radius 1 is 1.73 bits per heavy atom. The highest BCUT2D eigenvalue weighted by Crippen LogP contribution is 2.26. The van der Waals surface area contributed by atoms with Crippen LogP contribution in [-0.4, -0.2) is 13.7 Å². The van der Waals surface area contributed by atoms with Crippen LogP contribution < -0.4 is 0 Å². The molecule has 1 atom stereocenters.